The molecule has 23 heavy (non-hydrogen) atoms. The van der Waals surface area contributed by atoms with Crippen molar-refractivity contribution in [3.8, 4) is 0 Å². The summed E-state index contributed by atoms with van der Waals surface area (Å²) < 4.78 is 0.967. The normalized spacial score (nSPS) is 16.9. The number of carbonyl (C=O) groups excluding carboxylic acids is 1. The first-order valence-corrected chi connectivity index (χ1v) is 7.91. The van der Waals surface area contributed by atoms with Crippen LogP contribution in [0, 0.1) is 6.92 Å². The fourth-order valence-electron chi connectivity index (χ4n) is 2.40. The molecule has 0 bridgehead atoms. The van der Waals surface area contributed by atoms with Crippen molar-refractivity contribution < 1.29 is 4.79 Å². The molecule has 0 saturated carbocycles. The van der Waals surface area contributed by atoms with E-state index in [1.165, 1.54) is 0 Å². The van der Waals surface area contributed by atoms with Crippen molar-refractivity contribution in [1.82, 2.24) is 5.01 Å². The Kier molecular flexibility index (Phi) is 4.29. The van der Waals surface area contributed by atoms with Crippen molar-refractivity contribution in [3.63, 3.8) is 0 Å². The number of benzene rings is 2. The van der Waals surface area contributed by atoms with Crippen LogP contribution in [-0.4, -0.2) is 17.5 Å². The SMILES string of the molecule is Cc1cc(CN2N=NN(c3ccc(Br)cc3)C2C=O)ccc1N. The van der Waals surface area contributed by atoms with Crippen LogP contribution in [0.1, 0.15) is 11.1 Å². The Morgan fingerprint density at radius 2 is 1.96 bits per heavy atom. The second-order valence-corrected chi connectivity index (χ2v) is 6.25. The smallest absolute Gasteiger partial charge is 0.198 e. The summed E-state index contributed by atoms with van der Waals surface area (Å²) in [6.07, 6.45) is 0.278. The van der Waals surface area contributed by atoms with Gasteiger partial charge in [-0.05, 0) is 53.6 Å². The molecule has 6 nitrogen and oxygen atoms in total. The molecule has 7 heteroatoms. The van der Waals surface area contributed by atoms with Crippen LogP contribution in [-0.2, 0) is 11.3 Å². The van der Waals surface area contributed by atoms with E-state index in [0.717, 1.165) is 33.3 Å². The lowest BCUT2D eigenvalue weighted by molar-refractivity contribution is -0.111. The van der Waals surface area contributed by atoms with Crippen molar-refractivity contribution in [2.24, 2.45) is 10.4 Å². The summed E-state index contributed by atoms with van der Waals surface area (Å²) in [6.45, 7) is 2.44. The lowest BCUT2D eigenvalue weighted by atomic mass is 10.1. The van der Waals surface area contributed by atoms with E-state index in [4.69, 9.17) is 5.73 Å². The number of halogens is 1. The maximum absolute atomic E-state index is 11.5. The van der Waals surface area contributed by atoms with Gasteiger partial charge in [0.15, 0.2) is 12.5 Å². The summed E-state index contributed by atoms with van der Waals surface area (Å²) in [5, 5.41) is 11.5. The molecule has 1 heterocycles. The predicted octanol–water partition coefficient (Wildman–Crippen LogP) is 3.47. The van der Waals surface area contributed by atoms with Gasteiger partial charge in [-0.25, -0.2) is 10.0 Å². The fourth-order valence-corrected chi connectivity index (χ4v) is 2.67. The largest absolute Gasteiger partial charge is 0.399 e. The van der Waals surface area contributed by atoms with E-state index in [2.05, 4.69) is 26.4 Å². The third-order valence-electron chi connectivity index (χ3n) is 3.70. The minimum Gasteiger partial charge on any atom is -0.399 e. The van der Waals surface area contributed by atoms with E-state index in [-0.39, 0.29) is 0 Å². The Balaban J connectivity index is 1.79. The molecule has 1 unspecified atom stereocenters. The average molecular weight is 374 g/mol. The summed E-state index contributed by atoms with van der Waals surface area (Å²) in [7, 11) is 0. The Hall–Kier alpha value is -2.41. The van der Waals surface area contributed by atoms with E-state index in [1.807, 2.05) is 49.4 Å². The maximum atomic E-state index is 11.5. The molecule has 1 aliphatic heterocycles. The number of nitrogens with zero attached hydrogens (tertiary/aromatic N) is 4. The number of nitrogen functional groups attached to an aromatic ring is 1. The van der Waals surface area contributed by atoms with Crippen molar-refractivity contribution >= 4 is 33.6 Å². The zero-order valence-electron chi connectivity index (χ0n) is 12.6. The molecule has 0 saturated heterocycles. The molecule has 0 amide bonds. The molecule has 2 aromatic rings. The fraction of sp³-hybridized carbons (Fsp3) is 0.188. The highest BCUT2D eigenvalue weighted by Crippen LogP contribution is 2.27. The van der Waals surface area contributed by atoms with Crippen molar-refractivity contribution in [2.45, 2.75) is 19.6 Å². The average Bonchev–Trinajstić information content (AvgIpc) is 2.94. The lowest BCUT2D eigenvalue weighted by Crippen LogP contribution is -2.39. The summed E-state index contributed by atoms with van der Waals surface area (Å²) in [5.74, 6) is 0. The molecule has 3 rings (SSSR count). The van der Waals surface area contributed by atoms with Gasteiger partial charge >= 0.3 is 0 Å². The third-order valence-corrected chi connectivity index (χ3v) is 4.23. The molecule has 0 aliphatic carbocycles. The molecule has 0 spiro atoms. The molecule has 2 N–H and O–H groups in total. The Morgan fingerprint density at radius 1 is 1.22 bits per heavy atom. The molecule has 1 aliphatic rings. The Labute approximate surface area is 142 Å². The van der Waals surface area contributed by atoms with E-state index < -0.39 is 6.17 Å². The topological polar surface area (TPSA) is 74.3 Å². The molecule has 0 aromatic heterocycles. The number of aldehydes is 1. The molecule has 0 fully saturated rings. The van der Waals surface area contributed by atoms with Gasteiger partial charge in [0.05, 0.1) is 12.2 Å². The maximum Gasteiger partial charge on any atom is 0.198 e. The first-order chi connectivity index (χ1) is 11.1. The lowest BCUT2D eigenvalue weighted by Gasteiger charge is -2.23. The minimum absolute atomic E-state index is 0.487. The summed E-state index contributed by atoms with van der Waals surface area (Å²) in [4.78, 5) is 11.5. The highest BCUT2D eigenvalue weighted by molar-refractivity contribution is 9.10. The summed E-state index contributed by atoms with van der Waals surface area (Å²) in [5.41, 5.74) is 9.43. The number of rotatable bonds is 4. The van der Waals surface area contributed by atoms with Crippen LogP contribution in [0.4, 0.5) is 11.4 Å². The standard InChI is InChI=1S/C16H16BrN5O/c1-11-8-12(2-7-15(11)18)9-21-16(10-23)22(20-19-21)14-5-3-13(17)4-6-14/h2-8,10,16H,9,18H2,1H3. The van der Waals surface area contributed by atoms with Crippen LogP contribution in [0.25, 0.3) is 0 Å². The van der Waals surface area contributed by atoms with Gasteiger partial charge in [0.2, 0.25) is 0 Å². The van der Waals surface area contributed by atoms with Gasteiger partial charge in [0.1, 0.15) is 0 Å². The second-order valence-electron chi connectivity index (χ2n) is 5.34. The molecule has 0 radical (unpaired) electrons. The predicted molar refractivity (Wildman–Crippen MR) is 92.5 cm³/mol. The number of carbonyl (C=O) groups is 1. The van der Waals surface area contributed by atoms with E-state index >= 15 is 0 Å². The summed E-state index contributed by atoms with van der Waals surface area (Å²) in [6, 6.07) is 13.4. The second kappa shape index (κ2) is 6.37. The quantitative estimate of drug-likeness (QED) is 0.657. The van der Waals surface area contributed by atoms with Gasteiger partial charge < -0.3 is 5.73 Å². The van der Waals surface area contributed by atoms with E-state index in [1.54, 1.807) is 10.0 Å². The zero-order valence-corrected chi connectivity index (χ0v) is 14.1. The van der Waals surface area contributed by atoms with Gasteiger partial charge in [-0.1, -0.05) is 33.3 Å². The number of hydrogen-bond acceptors (Lipinski definition) is 6. The highest BCUT2D eigenvalue weighted by atomic mass is 79.9. The van der Waals surface area contributed by atoms with E-state index in [0.29, 0.717) is 6.54 Å². The Morgan fingerprint density at radius 3 is 2.61 bits per heavy atom. The first kappa shape index (κ1) is 15.5. The van der Waals surface area contributed by atoms with Crippen LogP contribution in [0.15, 0.2) is 57.4 Å². The van der Waals surface area contributed by atoms with Gasteiger partial charge in [-0.2, -0.15) is 0 Å². The molecular formula is C16H16BrN5O. The van der Waals surface area contributed by atoms with Gasteiger partial charge in [-0.15, -0.1) is 0 Å². The van der Waals surface area contributed by atoms with Crippen LogP contribution >= 0.6 is 15.9 Å². The molecule has 118 valence electrons. The van der Waals surface area contributed by atoms with Crippen LogP contribution in [0.3, 0.4) is 0 Å². The van der Waals surface area contributed by atoms with Crippen LogP contribution in [0.2, 0.25) is 0 Å². The first-order valence-electron chi connectivity index (χ1n) is 7.12. The zero-order chi connectivity index (χ0) is 16.4. The van der Waals surface area contributed by atoms with Gasteiger partial charge in [0, 0.05) is 10.2 Å². The van der Waals surface area contributed by atoms with Gasteiger partial charge in [-0.3, -0.25) is 4.79 Å². The number of aryl methyl sites for hydroxylation is 1. The number of hydrogen-bond donors (Lipinski definition) is 1. The molecule has 2 aromatic carbocycles. The third kappa shape index (κ3) is 3.19. The minimum atomic E-state index is -0.561. The monoisotopic (exact) mass is 373 g/mol. The van der Waals surface area contributed by atoms with Crippen LogP contribution < -0.4 is 10.7 Å². The van der Waals surface area contributed by atoms with Crippen molar-refractivity contribution in [2.75, 3.05) is 10.7 Å². The Bertz CT molecular complexity index is 747. The van der Waals surface area contributed by atoms with Crippen molar-refractivity contribution in [1.29, 1.82) is 0 Å². The highest BCUT2D eigenvalue weighted by Gasteiger charge is 2.30. The summed E-state index contributed by atoms with van der Waals surface area (Å²) >= 11 is 3.39. The van der Waals surface area contributed by atoms with Crippen LogP contribution in [0.5, 0.6) is 0 Å². The van der Waals surface area contributed by atoms with E-state index in [9.17, 15) is 4.79 Å². The number of anilines is 2. The number of nitrogens with two attached hydrogens (primary N) is 1. The van der Waals surface area contributed by atoms with Crippen molar-refractivity contribution in [3.05, 3.63) is 58.1 Å². The van der Waals surface area contributed by atoms with Gasteiger partial charge in [0.25, 0.3) is 0 Å². The molecule has 1 atom stereocenters. The molecular weight excluding hydrogens is 358 g/mol.